The molecule has 1 aliphatic rings. The van der Waals surface area contributed by atoms with Crippen LogP contribution < -0.4 is 10.6 Å². The number of likely N-dealkylation sites (tertiary alicyclic amines) is 1. The number of amides is 3. The predicted octanol–water partition coefficient (Wildman–Crippen LogP) is 4.65. The number of rotatable bonds is 8. The number of hydrogen-bond acceptors (Lipinski definition) is 3. The molecule has 6 heteroatoms. The van der Waals surface area contributed by atoms with Gasteiger partial charge in [-0.2, -0.15) is 0 Å². The van der Waals surface area contributed by atoms with E-state index in [-0.39, 0.29) is 30.1 Å². The highest BCUT2D eigenvalue weighted by Gasteiger charge is 2.33. The number of anilines is 2. The van der Waals surface area contributed by atoms with E-state index in [2.05, 4.69) is 31.4 Å². The number of nitrogens with zero attached hydrogens (tertiary/aromatic N) is 1. The van der Waals surface area contributed by atoms with Crippen LogP contribution in [0.5, 0.6) is 0 Å². The lowest BCUT2D eigenvalue weighted by Crippen LogP contribution is -2.29. The molecule has 1 heterocycles. The Kier molecular flexibility index (Phi) is 7.45. The van der Waals surface area contributed by atoms with Gasteiger partial charge in [-0.05, 0) is 54.3 Å². The molecule has 2 aromatic carbocycles. The third-order valence-corrected chi connectivity index (χ3v) is 5.62. The van der Waals surface area contributed by atoms with Crippen molar-refractivity contribution in [1.82, 2.24) is 4.90 Å². The van der Waals surface area contributed by atoms with E-state index in [1.54, 1.807) is 29.2 Å². The molecule has 0 spiro atoms. The maximum absolute atomic E-state index is 12.5. The highest BCUT2D eigenvalue weighted by molar-refractivity contribution is 6.04. The van der Waals surface area contributed by atoms with Crippen molar-refractivity contribution in [2.45, 2.75) is 46.0 Å². The zero-order valence-electron chi connectivity index (χ0n) is 18.5. The number of nitrogens with one attached hydrogen (secondary N) is 2. The summed E-state index contributed by atoms with van der Waals surface area (Å²) in [4.78, 5) is 38.9. The highest BCUT2D eigenvalue weighted by atomic mass is 16.2. The van der Waals surface area contributed by atoms with Gasteiger partial charge in [0.15, 0.2) is 0 Å². The Balaban J connectivity index is 1.54. The fourth-order valence-electron chi connectivity index (χ4n) is 3.62. The van der Waals surface area contributed by atoms with Crippen molar-refractivity contribution in [3.8, 4) is 0 Å². The molecule has 0 aromatic heterocycles. The molecule has 0 aliphatic carbocycles. The van der Waals surface area contributed by atoms with Gasteiger partial charge in [-0.3, -0.25) is 14.4 Å². The second-order valence-electron chi connectivity index (χ2n) is 8.39. The summed E-state index contributed by atoms with van der Waals surface area (Å²) in [6.45, 7) is 7.52. The zero-order chi connectivity index (χ0) is 22.4. The normalized spacial score (nSPS) is 15.9. The molecule has 3 amide bonds. The van der Waals surface area contributed by atoms with Crippen LogP contribution >= 0.6 is 0 Å². The van der Waals surface area contributed by atoms with Gasteiger partial charge in [0.05, 0.1) is 5.92 Å². The summed E-state index contributed by atoms with van der Waals surface area (Å²) in [5.74, 6) is -0.213. The van der Waals surface area contributed by atoms with E-state index in [1.165, 1.54) is 5.56 Å². The first-order valence-electron chi connectivity index (χ1n) is 11.0. The van der Waals surface area contributed by atoms with Crippen molar-refractivity contribution in [3.63, 3.8) is 0 Å². The Bertz CT molecular complexity index is 920. The molecule has 2 aromatic rings. The number of carbonyl (C=O) groups excluding carboxylic acids is 3. The largest absolute Gasteiger partial charge is 0.342 e. The van der Waals surface area contributed by atoms with Crippen LogP contribution in [-0.4, -0.2) is 35.7 Å². The van der Waals surface area contributed by atoms with Gasteiger partial charge in [0, 0.05) is 36.4 Å². The van der Waals surface area contributed by atoms with E-state index in [0.717, 1.165) is 18.5 Å². The molecule has 2 N–H and O–H groups in total. The molecule has 0 radical (unpaired) electrons. The van der Waals surface area contributed by atoms with E-state index < -0.39 is 0 Å². The summed E-state index contributed by atoms with van der Waals surface area (Å²) in [7, 11) is 0. The minimum absolute atomic E-state index is 0.0436. The molecule has 164 valence electrons. The van der Waals surface area contributed by atoms with Gasteiger partial charge in [-0.1, -0.05) is 39.3 Å². The first-order chi connectivity index (χ1) is 14.9. The minimum atomic E-state index is -0.332. The van der Waals surface area contributed by atoms with Gasteiger partial charge in [0.25, 0.3) is 5.91 Å². The van der Waals surface area contributed by atoms with E-state index in [4.69, 9.17) is 0 Å². The van der Waals surface area contributed by atoms with Gasteiger partial charge >= 0.3 is 0 Å². The summed E-state index contributed by atoms with van der Waals surface area (Å²) in [5, 5.41) is 5.75. The standard InChI is InChI=1S/C25H31N3O3/c1-4-5-14-28-16-20(15-23(28)29)25(31)27-22-12-8-19(9-13-22)24(30)26-21-10-6-18(7-11-21)17(2)3/h6-13,17,20H,4-5,14-16H2,1-3H3,(H,26,30)(H,27,31). The summed E-state index contributed by atoms with van der Waals surface area (Å²) >= 11 is 0. The molecule has 31 heavy (non-hydrogen) atoms. The van der Waals surface area contributed by atoms with Gasteiger partial charge < -0.3 is 15.5 Å². The third kappa shape index (κ3) is 5.94. The van der Waals surface area contributed by atoms with Crippen LogP contribution in [0.2, 0.25) is 0 Å². The molecule has 1 unspecified atom stereocenters. The topological polar surface area (TPSA) is 78.5 Å². The van der Waals surface area contributed by atoms with Crippen molar-refractivity contribution < 1.29 is 14.4 Å². The molecule has 6 nitrogen and oxygen atoms in total. The molecule has 1 aliphatic heterocycles. The second kappa shape index (κ2) is 10.2. The Morgan fingerprint density at radius 2 is 1.61 bits per heavy atom. The lowest BCUT2D eigenvalue weighted by atomic mass is 10.0. The fraction of sp³-hybridized carbons (Fsp3) is 0.400. The summed E-state index contributed by atoms with van der Waals surface area (Å²) in [6.07, 6.45) is 2.22. The molecule has 3 rings (SSSR count). The number of hydrogen-bond donors (Lipinski definition) is 2. The van der Waals surface area contributed by atoms with Crippen molar-refractivity contribution in [2.24, 2.45) is 5.92 Å². The monoisotopic (exact) mass is 421 g/mol. The van der Waals surface area contributed by atoms with Crippen LogP contribution in [0.3, 0.4) is 0 Å². The lowest BCUT2D eigenvalue weighted by molar-refractivity contribution is -0.128. The molecule has 1 saturated heterocycles. The van der Waals surface area contributed by atoms with Crippen molar-refractivity contribution >= 4 is 29.1 Å². The Hall–Kier alpha value is -3.15. The van der Waals surface area contributed by atoms with Crippen LogP contribution in [0.15, 0.2) is 48.5 Å². The van der Waals surface area contributed by atoms with E-state index in [9.17, 15) is 14.4 Å². The van der Waals surface area contributed by atoms with Crippen LogP contribution in [0.4, 0.5) is 11.4 Å². The van der Waals surface area contributed by atoms with Crippen LogP contribution in [0.1, 0.15) is 61.9 Å². The van der Waals surface area contributed by atoms with Gasteiger partial charge in [0.2, 0.25) is 11.8 Å². The minimum Gasteiger partial charge on any atom is -0.342 e. The molecular formula is C25H31N3O3. The van der Waals surface area contributed by atoms with Gasteiger partial charge in [0.1, 0.15) is 0 Å². The quantitative estimate of drug-likeness (QED) is 0.651. The van der Waals surface area contributed by atoms with E-state index in [0.29, 0.717) is 30.3 Å². The highest BCUT2D eigenvalue weighted by Crippen LogP contribution is 2.21. The van der Waals surface area contributed by atoms with Crippen molar-refractivity contribution in [3.05, 3.63) is 59.7 Å². The van der Waals surface area contributed by atoms with E-state index >= 15 is 0 Å². The lowest BCUT2D eigenvalue weighted by Gasteiger charge is -2.16. The van der Waals surface area contributed by atoms with Gasteiger partial charge in [-0.25, -0.2) is 0 Å². The van der Waals surface area contributed by atoms with Crippen LogP contribution in [-0.2, 0) is 9.59 Å². The smallest absolute Gasteiger partial charge is 0.255 e. The second-order valence-corrected chi connectivity index (χ2v) is 8.39. The molecular weight excluding hydrogens is 390 g/mol. The van der Waals surface area contributed by atoms with Gasteiger partial charge in [-0.15, -0.1) is 0 Å². The van der Waals surface area contributed by atoms with Crippen molar-refractivity contribution in [1.29, 1.82) is 0 Å². The first kappa shape index (κ1) is 22.5. The van der Waals surface area contributed by atoms with Crippen LogP contribution in [0, 0.1) is 5.92 Å². The Labute approximate surface area is 184 Å². The molecule has 0 saturated carbocycles. The van der Waals surface area contributed by atoms with E-state index in [1.807, 2.05) is 24.3 Å². The predicted molar refractivity (Wildman–Crippen MR) is 123 cm³/mol. The summed E-state index contributed by atoms with van der Waals surface area (Å²) < 4.78 is 0. The maximum Gasteiger partial charge on any atom is 0.255 e. The summed E-state index contributed by atoms with van der Waals surface area (Å²) in [5.41, 5.74) is 3.08. The summed E-state index contributed by atoms with van der Waals surface area (Å²) in [6, 6.07) is 14.6. The average Bonchev–Trinajstić information content (AvgIpc) is 3.13. The third-order valence-electron chi connectivity index (χ3n) is 5.62. The SMILES string of the molecule is CCCCN1CC(C(=O)Nc2ccc(C(=O)Nc3ccc(C(C)C)cc3)cc2)CC1=O. The number of carbonyl (C=O) groups is 3. The average molecular weight is 422 g/mol. The Morgan fingerprint density at radius 1 is 1.00 bits per heavy atom. The Morgan fingerprint density at radius 3 is 2.23 bits per heavy atom. The number of benzene rings is 2. The molecule has 1 fully saturated rings. The maximum atomic E-state index is 12.5. The molecule has 1 atom stereocenters. The molecule has 0 bridgehead atoms. The first-order valence-corrected chi connectivity index (χ1v) is 11.0. The van der Waals surface area contributed by atoms with Crippen molar-refractivity contribution in [2.75, 3.05) is 23.7 Å². The fourth-order valence-corrected chi connectivity index (χ4v) is 3.62. The zero-order valence-corrected chi connectivity index (χ0v) is 18.5. The number of unbranched alkanes of at least 4 members (excludes halogenated alkanes) is 1. The van der Waals surface area contributed by atoms with Crippen LogP contribution in [0.25, 0.3) is 0 Å².